The van der Waals surface area contributed by atoms with E-state index in [1.54, 1.807) is 53.9 Å². The van der Waals surface area contributed by atoms with E-state index < -0.39 is 22.8 Å². The lowest BCUT2D eigenvalue weighted by atomic mass is 9.48. The maximum Gasteiger partial charge on any atom is 0.330 e. The highest BCUT2D eigenvalue weighted by molar-refractivity contribution is 7.82. The second kappa shape index (κ2) is 7.60. The number of rotatable bonds is 5. The molecule has 1 fully saturated rings. The summed E-state index contributed by atoms with van der Waals surface area (Å²) in [6.45, 7) is 4.09. The van der Waals surface area contributed by atoms with Crippen molar-refractivity contribution in [3.63, 3.8) is 0 Å². The first-order chi connectivity index (χ1) is 38.5. The number of benzene rings is 18. The van der Waals surface area contributed by atoms with E-state index in [4.69, 9.17) is 33.9 Å². The highest BCUT2D eigenvalue weighted by atomic mass is 32.1. The second-order valence-electron chi connectivity index (χ2n) is 26.6. The van der Waals surface area contributed by atoms with E-state index in [-0.39, 0.29) is 30.8 Å². The Labute approximate surface area is 436 Å². The predicted molar refractivity (Wildman–Crippen MR) is 326 cm³/mol. The molecule has 0 saturated carbocycles. The Kier molecular flexibility index (Phi) is 3.12. The third-order valence-corrected chi connectivity index (χ3v) is 26.8. The lowest BCUT2D eigenvalue weighted by Crippen LogP contribution is -2.58. The van der Waals surface area contributed by atoms with Crippen molar-refractivity contribution in [2.24, 2.45) is 0 Å². The van der Waals surface area contributed by atoms with E-state index in [1.165, 1.54) is 259 Å². The van der Waals surface area contributed by atoms with Gasteiger partial charge in [0, 0.05) is 0 Å². The first-order valence-corrected chi connectivity index (χ1v) is 29.0. The Morgan fingerprint density at radius 1 is 0.372 bits per heavy atom. The fourth-order valence-corrected chi connectivity index (χ4v) is 26.7. The summed E-state index contributed by atoms with van der Waals surface area (Å²) in [6, 6.07) is -0.983. The minimum atomic E-state index is -1.09. The number of carbonyl (C=O) groups excluding carboxylic acids is 2. The summed E-state index contributed by atoms with van der Waals surface area (Å²) in [5.74, 6) is -0.710. The van der Waals surface area contributed by atoms with Crippen LogP contribution in [0.5, 0.6) is 0 Å². The van der Waals surface area contributed by atoms with Crippen LogP contribution in [0.2, 0.25) is 0 Å². The van der Waals surface area contributed by atoms with Gasteiger partial charge in [0.15, 0.2) is 5.11 Å². The van der Waals surface area contributed by atoms with Crippen molar-refractivity contribution < 1.29 is 19.1 Å². The highest BCUT2D eigenvalue weighted by Crippen LogP contribution is 2.86. The molecule has 5 aliphatic rings. The number of esters is 2. The molecule has 0 amide bonds. The first-order valence-electron chi connectivity index (χ1n) is 28.2. The largest absolute Gasteiger partial charge is 0.465 e. The zero-order chi connectivity index (χ0) is 48.2. The zero-order valence-corrected chi connectivity index (χ0v) is 41.7. The minimum Gasteiger partial charge on any atom is -0.465 e. The Morgan fingerprint density at radius 3 is 0.821 bits per heavy atom. The molecule has 1 unspecified atom stereocenters. The van der Waals surface area contributed by atoms with Gasteiger partial charge in [0.2, 0.25) is 0 Å². The van der Waals surface area contributed by atoms with Gasteiger partial charge in [-0.3, -0.25) is 9.69 Å². The van der Waals surface area contributed by atoms with Crippen molar-refractivity contribution in [2.75, 3.05) is 19.8 Å². The van der Waals surface area contributed by atoms with E-state index in [9.17, 15) is 4.79 Å². The molecule has 0 radical (unpaired) electrons. The smallest absolute Gasteiger partial charge is 0.330 e. The van der Waals surface area contributed by atoms with Crippen molar-refractivity contribution in [1.82, 2.24) is 10.2 Å². The van der Waals surface area contributed by atoms with Crippen molar-refractivity contribution in [3.8, 4) is 0 Å². The number of nitrogens with zero attached hydrogens (tertiary/aromatic N) is 1. The molecule has 1 atom stereocenters. The molecule has 1 heterocycles. The number of ether oxygens (including phenoxy) is 2. The molecule has 0 bridgehead atoms. The van der Waals surface area contributed by atoms with Crippen LogP contribution in [0.3, 0.4) is 0 Å². The van der Waals surface area contributed by atoms with E-state index in [2.05, 4.69) is 5.32 Å². The van der Waals surface area contributed by atoms with E-state index in [1.807, 2.05) is 18.7 Å². The summed E-state index contributed by atoms with van der Waals surface area (Å²) in [4.78, 5) is 32.7. The number of carbonyl (C=O) groups is 2. The summed E-state index contributed by atoms with van der Waals surface area (Å²) in [6.07, 6.45) is 0. The highest BCUT2D eigenvalue weighted by Gasteiger charge is 2.80. The monoisotopic (exact) mass is 1010 g/mol. The number of nitrogens with one attached hydrogen (secondary N) is 1. The first kappa shape index (κ1) is 32.0. The van der Waals surface area contributed by atoms with Crippen LogP contribution in [0.25, 0.3) is 291 Å². The van der Waals surface area contributed by atoms with Gasteiger partial charge >= 0.3 is 11.9 Å². The van der Waals surface area contributed by atoms with Gasteiger partial charge in [-0.15, -0.1) is 0 Å². The van der Waals surface area contributed by atoms with Gasteiger partial charge in [-0.2, -0.15) is 0 Å². The number of thiocarbonyl (C=S) groups is 2. The number of likely N-dealkylation sites (tertiary alicyclic amines) is 1. The summed E-state index contributed by atoms with van der Waals surface area (Å²) in [5.41, 5.74) is 3.13. The molecule has 1 N–H and O–H groups in total. The molecule has 340 valence electrons. The van der Waals surface area contributed by atoms with Gasteiger partial charge in [-0.1, -0.05) is 12.2 Å². The van der Waals surface area contributed by atoms with Crippen molar-refractivity contribution in [1.29, 1.82) is 0 Å². The van der Waals surface area contributed by atoms with Gasteiger partial charge in [-0.25, -0.2) is 4.79 Å². The van der Waals surface area contributed by atoms with Gasteiger partial charge in [0.05, 0.1) is 24.0 Å². The lowest BCUT2D eigenvalue weighted by Gasteiger charge is -2.50. The fourth-order valence-electron chi connectivity index (χ4n) is 25.8. The normalized spacial score (nSPS) is 22.3. The molecule has 28 aromatic carbocycles. The summed E-state index contributed by atoms with van der Waals surface area (Å²) in [7, 11) is 0. The predicted octanol–water partition coefficient (Wildman–Crippen LogP) is 16.3. The van der Waals surface area contributed by atoms with E-state index in [0.29, 0.717) is 4.99 Å². The molecule has 33 rings (SSSR count). The average Bonchev–Trinajstić information content (AvgIpc) is 1.71. The topological polar surface area (TPSA) is 67.9 Å². The molecule has 4 aliphatic carbocycles. The van der Waals surface area contributed by atoms with Crippen LogP contribution < -0.4 is 5.32 Å². The Balaban J connectivity index is 1.07. The van der Waals surface area contributed by atoms with Crippen LogP contribution in [0, 0.1) is 0 Å². The van der Waals surface area contributed by atoms with Gasteiger partial charge in [0.1, 0.15) is 17.6 Å². The molecule has 1 aliphatic heterocycles. The third kappa shape index (κ3) is 1.81. The van der Waals surface area contributed by atoms with Crippen LogP contribution >= 0.6 is 24.4 Å². The third-order valence-electron chi connectivity index (χ3n) is 26.0. The Bertz CT molecular complexity index is 7430. The maximum absolute atomic E-state index is 16.6. The Hall–Kier alpha value is -8.82. The molecule has 6 nitrogen and oxygen atoms in total. The fraction of sp³-hybridized carbons (Fsp3) is 0.114. The molecular formula is C70H14N2O4S2. The summed E-state index contributed by atoms with van der Waals surface area (Å²) in [5, 5.41) is 83.7. The summed E-state index contributed by atoms with van der Waals surface area (Å²) < 4.78 is 12.2. The van der Waals surface area contributed by atoms with E-state index >= 15 is 4.79 Å². The number of hydrogen-bond donors (Lipinski definition) is 1. The minimum absolute atomic E-state index is 0.141. The number of hydrogen-bond acceptors (Lipinski definition) is 6. The standard InChI is InChI=1S/C70H14N2O4S2/c1-3-75-6(73)5-71-68(78)72-65(66(74)76-4-2)69-61-53-45-35-25-17-9-7-8-11-15-13(9)21-29-23(15)33-27-19(11)20-12(8)16-14-10(7)18(17)26-32-22(14)30-24(16)34-28(20)38-37(27)47-41(33)51-43(29)49(39(45)31(21)25)55(61)57(51)63-59(47)60-48(38)42(34)52-44(30)50-40(32)46(36(26)35)54(53)62(69)56(50)58(52)64(60)70(63,69)67(72)77/h65H,3-5H2,1-2H3,(H,71,78). The maximum atomic E-state index is 16.6. The molecule has 1 saturated heterocycles. The SMILES string of the molecule is CCOC(=O)CNC(=S)N1C(=S)C23c4c5c6c7c8c9c(c%10c%11c2c2c4c4c%12c5c5c6c6c8c8c%13c9c9c%10c%10c%11c%11c2c2c4c4c%12c%12c5c5c6c8c6c8c%13c9c9c%10c%10c%11c2c2c4c4c%12c5c6c5c8c9c%10c2c45)C73C1C(=O)OCC. The van der Waals surface area contributed by atoms with Crippen LogP contribution in [0.1, 0.15) is 36.1 Å². The van der Waals surface area contributed by atoms with E-state index in [0.717, 1.165) is 0 Å². The van der Waals surface area contributed by atoms with Crippen molar-refractivity contribution in [3.05, 3.63) is 22.3 Å². The van der Waals surface area contributed by atoms with Crippen LogP contribution in [0.15, 0.2) is 0 Å². The van der Waals surface area contributed by atoms with Gasteiger partial charge in [-0.05, 0) is 339 Å². The molecule has 2 spiro atoms. The average molecular weight is 1010 g/mol. The van der Waals surface area contributed by atoms with Crippen LogP contribution in [0.4, 0.5) is 0 Å². The second-order valence-corrected chi connectivity index (χ2v) is 27.4. The molecule has 78 heavy (non-hydrogen) atoms. The Morgan fingerprint density at radius 2 is 0.590 bits per heavy atom. The van der Waals surface area contributed by atoms with Crippen molar-refractivity contribution in [2.45, 2.75) is 30.7 Å². The molecule has 28 aromatic rings. The lowest BCUT2D eigenvalue weighted by molar-refractivity contribution is -0.148. The van der Waals surface area contributed by atoms with Crippen LogP contribution in [-0.2, 0) is 29.9 Å². The van der Waals surface area contributed by atoms with Crippen LogP contribution in [-0.4, -0.2) is 52.7 Å². The molecule has 0 aromatic heterocycles. The summed E-state index contributed by atoms with van der Waals surface area (Å²) >= 11 is 14.3. The zero-order valence-electron chi connectivity index (χ0n) is 40.1. The van der Waals surface area contributed by atoms with Gasteiger partial charge < -0.3 is 14.8 Å². The van der Waals surface area contributed by atoms with Crippen molar-refractivity contribution >= 4 is 337 Å². The van der Waals surface area contributed by atoms with Gasteiger partial charge in [0.25, 0.3) is 0 Å². The quantitative estimate of drug-likeness (QED) is 0.104. The molecular weight excluding hydrogens is 997 g/mol. The molecule has 8 heteroatoms.